The van der Waals surface area contributed by atoms with Gasteiger partial charge < -0.3 is 9.52 Å². The van der Waals surface area contributed by atoms with Crippen molar-refractivity contribution in [2.75, 3.05) is 5.75 Å². The normalized spacial score (nSPS) is 25.7. The van der Waals surface area contributed by atoms with E-state index in [1.807, 2.05) is 30.0 Å². The third-order valence-corrected chi connectivity index (χ3v) is 5.41. The highest BCUT2D eigenvalue weighted by molar-refractivity contribution is 8.00. The van der Waals surface area contributed by atoms with Gasteiger partial charge in [-0.15, -0.1) is 0 Å². The van der Waals surface area contributed by atoms with Crippen LogP contribution in [0.2, 0.25) is 5.02 Å². The van der Waals surface area contributed by atoms with E-state index >= 15 is 0 Å². The Hall–Kier alpha value is -0.640. The fraction of sp³-hybridized carbons (Fsp3) is 0.429. The molecule has 96 valence electrons. The van der Waals surface area contributed by atoms with E-state index in [4.69, 9.17) is 16.0 Å². The lowest BCUT2D eigenvalue weighted by molar-refractivity contribution is 0.112. The molecule has 0 spiro atoms. The van der Waals surface area contributed by atoms with E-state index in [1.54, 1.807) is 6.07 Å². The van der Waals surface area contributed by atoms with E-state index < -0.39 is 6.10 Å². The third-order valence-electron chi connectivity index (χ3n) is 3.59. The number of benzene rings is 1. The van der Waals surface area contributed by atoms with Crippen molar-refractivity contribution in [3.05, 3.63) is 35.0 Å². The topological polar surface area (TPSA) is 33.4 Å². The van der Waals surface area contributed by atoms with Crippen molar-refractivity contribution >= 4 is 34.3 Å². The average Bonchev–Trinajstić information content (AvgIpc) is 2.94. The minimum absolute atomic E-state index is 0.127. The quantitative estimate of drug-likeness (QED) is 0.886. The van der Waals surface area contributed by atoms with Crippen LogP contribution >= 0.6 is 23.4 Å². The third kappa shape index (κ3) is 2.04. The molecule has 0 saturated carbocycles. The fourth-order valence-electron chi connectivity index (χ4n) is 2.49. The monoisotopic (exact) mass is 282 g/mol. The van der Waals surface area contributed by atoms with Gasteiger partial charge in [0, 0.05) is 15.2 Å². The Kier molecular flexibility index (Phi) is 3.08. The van der Waals surface area contributed by atoms with Crippen LogP contribution in [0.4, 0.5) is 0 Å². The zero-order valence-electron chi connectivity index (χ0n) is 10.1. The second-order valence-electron chi connectivity index (χ2n) is 5.00. The van der Waals surface area contributed by atoms with Crippen molar-refractivity contribution in [1.29, 1.82) is 0 Å². The van der Waals surface area contributed by atoms with E-state index in [1.165, 1.54) is 0 Å². The standard InChI is InChI=1S/C14H15ClO2S/c1-14(5-2-6-18-14)13(16)12-8-9-7-10(15)3-4-11(9)17-12/h3-4,7-8,13,16H,2,5-6H2,1H3. The lowest BCUT2D eigenvalue weighted by atomic mass is 9.97. The van der Waals surface area contributed by atoms with Gasteiger partial charge in [-0.1, -0.05) is 11.6 Å². The number of thioether (sulfide) groups is 1. The first-order chi connectivity index (χ1) is 8.58. The molecule has 2 atom stereocenters. The number of aliphatic hydroxyl groups excluding tert-OH is 1. The zero-order valence-corrected chi connectivity index (χ0v) is 11.7. The summed E-state index contributed by atoms with van der Waals surface area (Å²) in [6.07, 6.45) is 1.62. The molecule has 0 amide bonds. The highest BCUT2D eigenvalue weighted by Gasteiger charge is 2.39. The minimum atomic E-state index is -0.559. The number of furan rings is 1. The summed E-state index contributed by atoms with van der Waals surface area (Å²) >= 11 is 7.78. The van der Waals surface area contributed by atoms with Crippen LogP contribution in [0.1, 0.15) is 31.6 Å². The van der Waals surface area contributed by atoms with E-state index in [0.717, 1.165) is 29.6 Å². The van der Waals surface area contributed by atoms with E-state index in [0.29, 0.717) is 10.8 Å². The van der Waals surface area contributed by atoms with Crippen LogP contribution in [0.3, 0.4) is 0 Å². The minimum Gasteiger partial charge on any atom is -0.458 e. The Morgan fingerprint density at radius 2 is 2.28 bits per heavy atom. The Bertz CT molecular complexity index is 572. The van der Waals surface area contributed by atoms with Gasteiger partial charge >= 0.3 is 0 Å². The van der Waals surface area contributed by atoms with Crippen molar-refractivity contribution in [3.63, 3.8) is 0 Å². The molecule has 1 N–H and O–H groups in total. The summed E-state index contributed by atoms with van der Waals surface area (Å²) < 4.78 is 5.61. The van der Waals surface area contributed by atoms with Crippen molar-refractivity contribution < 1.29 is 9.52 Å². The smallest absolute Gasteiger partial charge is 0.135 e. The molecule has 0 bridgehead atoms. The number of hydrogen-bond acceptors (Lipinski definition) is 3. The Morgan fingerprint density at radius 1 is 1.44 bits per heavy atom. The van der Waals surface area contributed by atoms with Crippen LogP contribution in [0.15, 0.2) is 28.7 Å². The maximum Gasteiger partial charge on any atom is 0.135 e. The highest BCUT2D eigenvalue weighted by atomic mass is 35.5. The van der Waals surface area contributed by atoms with Crippen molar-refractivity contribution in [2.45, 2.75) is 30.6 Å². The Balaban J connectivity index is 1.98. The second-order valence-corrected chi connectivity index (χ2v) is 7.06. The summed E-state index contributed by atoms with van der Waals surface area (Å²) in [5.41, 5.74) is 0.778. The van der Waals surface area contributed by atoms with E-state index in [9.17, 15) is 5.11 Å². The molecular weight excluding hydrogens is 268 g/mol. The molecule has 3 rings (SSSR count). The van der Waals surface area contributed by atoms with Crippen molar-refractivity contribution in [2.24, 2.45) is 0 Å². The first kappa shape index (κ1) is 12.4. The molecule has 2 nitrogen and oxygen atoms in total. The molecule has 0 radical (unpaired) electrons. The Morgan fingerprint density at radius 3 is 3.00 bits per heavy atom. The summed E-state index contributed by atoms with van der Waals surface area (Å²) in [5.74, 6) is 1.75. The van der Waals surface area contributed by atoms with Crippen LogP contribution in [0, 0.1) is 0 Å². The molecule has 2 aromatic rings. The van der Waals surface area contributed by atoms with Crippen molar-refractivity contribution in [1.82, 2.24) is 0 Å². The number of aliphatic hydroxyl groups is 1. The van der Waals surface area contributed by atoms with Crippen LogP contribution < -0.4 is 0 Å². The molecule has 2 heterocycles. The molecule has 1 fully saturated rings. The first-order valence-electron chi connectivity index (χ1n) is 6.09. The summed E-state index contributed by atoms with van der Waals surface area (Å²) in [6, 6.07) is 7.41. The van der Waals surface area contributed by atoms with Gasteiger partial charge in [0.15, 0.2) is 0 Å². The van der Waals surface area contributed by atoms with Gasteiger partial charge in [-0.25, -0.2) is 0 Å². The molecule has 2 unspecified atom stereocenters. The average molecular weight is 283 g/mol. The molecule has 1 saturated heterocycles. The summed E-state index contributed by atoms with van der Waals surface area (Å²) in [4.78, 5) is 0. The summed E-state index contributed by atoms with van der Waals surface area (Å²) in [7, 11) is 0. The van der Waals surface area contributed by atoms with Gasteiger partial charge in [-0.05, 0) is 49.8 Å². The number of hydrogen-bond donors (Lipinski definition) is 1. The van der Waals surface area contributed by atoms with Gasteiger partial charge in [0.2, 0.25) is 0 Å². The molecular formula is C14H15ClO2S. The van der Waals surface area contributed by atoms with Gasteiger partial charge in [0.1, 0.15) is 17.4 Å². The fourth-order valence-corrected chi connectivity index (χ4v) is 3.98. The molecule has 1 aromatic heterocycles. The summed E-state index contributed by atoms with van der Waals surface area (Å²) in [5, 5.41) is 12.1. The lowest BCUT2D eigenvalue weighted by Gasteiger charge is -2.27. The maximum absolute atomic E-state index is 10.5. The lowest BCUT2D eigenvalue weighted by Crippen LogP contribution is -2.25. The number of halogens is 1. The second kappa shape index (κ2) is 4.48. The van der Waals surface area contributed by atoms with Gasteiger partial charge in [0.25, 0.3) is 0 Å². The molecule has 1 aliphatic heterocycles. The van der Waals surface area contributed by atoms with Gasteiger partial charge in [0.05, 0.1) is 0 Å². The van der Waals surface area contributed by atoms with E-state index in [2.05, 4.69) is 6.92 Å². The molecule has 0 aliphatic carbocycles. The molecule has 1 aromatic carbocycles. The predicted molar refractivity (Wildman–Crippen MR) is 76.3 cm³/mol. The highest BCUT2D eigenvalue weighted by Crippen LogP contribution is 2.47. The predicted octanol–water partition coefficient (Wildman–Crippen LogP) is 4.41. The Labute approximate surface area is 115 Å². The molecule has 18 heavy (non-hydrogen) atoms. The van der Waals surface area contributed by atoms with Gasteiger partial charge in [-0.3, -0.25) is 0 Å². The number of fused-ring (bicyclic) bond motifs is 1. The van der Waals surface area contributed by atoms with Crippen molar-refractivity contribution in [3.8, 4) is 0 Å². The van der Waals surface area contributed by atoms with Crippen LogP contribution in [-0.2, 0) is 0 Å². The van der Waals surface area contributed by atoms with E-state index in [-0.39, 0.29) is 4.75 Å². The van der Waals surface area contributed by atoms with Crippen LogP contribution in [0.5, 0.6) is 0 Å². The van der Waals surface area contributed by atoms with Crippen LogP contribution in [-0.4, -0.2) is 15.6 Å². The first-order valence-corrected chi connectivity index (χ1v) is 7.46. The van der Waals surface area contributed by atoms with Gasteiger partial charge in [-0.2, -0.15) is 11.8 Å². The zero-order chi connectivity index (χ0) is 12.8. The molecule has 4 heteroatoms. The molecule has 1 aliphatic rings. The maximum atomic E-state index is 10.5. The van der Waals surface area contributed by atoms with Crippen LogP contribution in [0.25, 0.3) is 11.0 Å². The number of rotatable bonds is 2. The largest absolute Gasteiger partial charge is 0.458 e. The summed E-state index contributed by atoms with van der Waals surface area (Å²) in [6.45, 7) is 2.11. The SMILES string of the molecule is CC1(C(O)c2cc3cc(Cl)ccc3o2)CCCS1.